The minimum Gasteiger partial charge on any atom is -0.493 e. The van der Waals surface area contributed by atoms with Gasteiger partial charge in [-0.25, -0.2) is 0 Å². The largest absolute Gasteiger partial charge is 0.493 e. The Morgan fingerprint density at radius 3 is 2.54 bits per heavy atom. The number of hydrogen-bond acceptors (Lipinski definition) is 5. The van der Waals surface area contributed by atoms with Crippen molar-refractivity contribution < 1.29 is 18.9 Å². The molecule has 0 aromatic heterocycles. The fourth-order valence-corrected chi connectivity index (χ4v) is 2.72. The number of hydrogen-bond donors (Lipinski definition) is 2. The van der Waals surface area contributed by atoms with Gasteiger partial charge in [0.2, 0.25) is 5.75 Å². The zero-order valence-corrected chi connectivity index (χ0v) is 14.8. The highest BCUT2D eigenvalue weighted by Crippen LogP contribution is 2.39. The average Bonchev–Trinajstić information content (AvgIpc) is 3.14. The van der Waals surface area contributed by atoms with Gasteiger partial charge in [0.1, 0.15) is 0 Å². The summed E-state index contributed by atoms with van der Waals surface area (Å²) in [5.41, 5.74) is 0.954. The van der Waals surface area contributed by atoms with E-state index in [1.807, 2.05) is 12.1 Å². The molecule has 0 saturated carbocycles. The van der Waals surface area contributed by atoms with Crippen molar-refractivity contribution in [1.82, 2.24) is 10.6 Å². The molecule has 1 heterocycles. The number of nitrogens with one attached hydrogen (secondary N) is 2. The van der Waals surface area contributed by atoms with Crippen LogP contribution in [0.3, 0.4) is 0 Å². The fourth-order valence-electron chi connectivity index (χ4n) is 2.72. The maximum Gasteiger partial charge on any atom is 0.203 e. The molecule has 0 bridgehead atoms. The Hall–Kier alpha value is -2.15. The second-order valence-electron chi connectivity index (χ2n) is 5.44. The van der Waals surface area contributed by atoms with E-state index in [4.69, 9.17) is 18.9 Å². The van der Waals surface area contributed by atoms with Crippen LogP contribution in [-0.2, 0) is 11.3 Å². The van der Waals surface area contributed by atoms with Crippen LogP contribution in [-0.4, -0.2) is 53.6 Å². The molecule has 1 aromatic carbocycles. The monoisotopic (exact) mass is 337 g/mol. The van der Waals surface area contributed by atoms with Crippen LogP contribution in [0.4, 0.5) is 0 Å². The Labute approximate surface area is 143 Å². The van der Waals surface area contributed by atoms with Crippen molar-refractivity contribution in [2.75, 3.05) is 41.5 Å². The van der Waals surface area contributed by atoms with Gasteiger partial charge in [0.25, 0.3) is 0 Å². The minimum atomic E-state index is 0.263. The lowest BCUT2D eigenvalue weighted by Gasteiger charge is -2.18. The third-order valence-electron chi connectivity index (χ3n) is 3.98. The molecule has 0 amide bonds. The van der Waals surface area contributed by atoms with Crippen molar-refractivity contribution in [1.29, 1.82) is 0 Å². The van der Waals surface area contributed by atoms with E-state index in [0.29, 0.717) is 23.8 Å². The fraction of sp³-hybridized carbons (Fsp3) is 0.588. The van der Waals surface area contributed by atoms with Crippen LogP contribution in [0.25, 0.3) is 0 Å². The molecule has 7 heteroatoms. The lowest BCUT2D eigenvalue weighted by atomic mass is 10.1. The first-order valence-corrected chi connectivity index (χ1v) is 8.07. The Balaban J connectivity index is 1.98. The first-order valence-electron chi connectivity index (χ1n) is 8.07. The summed E-state index contributed by atoms with van der Waals surface area (Å²) < 4.78 is 21.8. The van der Waals surface area contributed by atoms with Crippen molar-refractivity contribution in [2.45, 2.75) is 25.5 Å². The van der Waals surface area contributed by atoms with Gasteiger partial charge in [0.05, 0.1) is 27.4 Å². The molecule has 134 valence electrons. The summed E-state index contributed by atoms with van der Waals surface area (Å²) in [6.45, 7) is 2.15. The summed E-state index contributed by atoms with van der Waals surface area (Å²) >= 11 is 0. The molecule has 1 saturated heterocycles. The van der Waals surface area contributed by atoms with E-state index in [1.54, 1.807) is 28.4 Å². The van der Waals surface area contributed by atoms with Crippen LogP contribution in [0.5, 0.6) is 17.2 Å². The molecular formula is C17H27N3O4. The van der Waals surface area contributed by atoms with E-state index in [9.17, 15) is 0 Å². The quantitative estimate of drug-likeness (QED) is 0.581. The van der Waals surface area contributed by atoms with Gasteiger partial charge >= 0.3 is 0 Å². The molecule has 7 nitrogen and oxygen atoms in total. The first-order chi connectivity index (χ1) is 11.7. The van der Waals surface area contributed by atoms with Gasteiger partial charge in [-0.2, -0.15) is 0 Å². The summed E-state index contributed by atoms with van der Waals surface area (Å²) in [6.07, 6.45) is 2.48. The summed E-state index contributed by atoms with van der Waals surface area (Å²) in [6, 6.07) is 3.81. The molecule has 0 radical (unpaired) electrons. The van der Waals surface area contributed by atoms with E-state index in [-0.39, 0.29) is 6.10 Å². The van der Waals surface area contributed by atoms with E-state index >= 15 is 0 Å². The molecule has 0 aliphatic carbocycles. The highest BCUT2D eigenvalue weighted by molar-refractivity contribution is 5.79. The van der Waals surface area contributed by atoms with Crippen molar-refractivity contribution in [3.63, 3.8) is 0 Å². The number of ether oxygens (including phenoxy) is 4. The second kappa shape index (κ2) is 9.22. The van der Waals surface area contributed by atoms with Gasteiger partial charge in [0, 0.05) is 32.3 Å². The predicted octanol–water partition coefficient (Wildman–Crippen LogP) is 1.56. The smallest absolute Gasteiger partial charge is 0.203 e. The van der Waals surface area contributed by atoms with Crippen molar-refractivity contribution in [2.24, 2.45) is 4.99 Å². The molecule has 1 aliphatic heterocycles. The van der Waals surface area contributed by atoms with Gasteiger partial charge in [-0.1, -0.05) is 0 Å². The summed E-state index contributed by atoms with van der Waals surface area (Å²) in [7, 11) is 6.56. The molecule has 24 heavy (non-hydrogen) atoms. The number of aliphatic imine (C=N–C) groups is 1. The van der Waals surface area contributed by atoms with Gasteiger partial charge < -0.3 is 29.6 Å². The van der Waals surface area contributed by atoms with Crippen LogP contribution in [0.1, 0.15) is 18.4 Å². The number of methoxy groups -OCH3 is 3. The predicted molar refractivity (Wildman–Crippen MR) is 93.3 cm³/mol. The average molecular weight is 337 g/mol. The number of nitrogens with zero attached hydrogens (tertiary/aromatic N) is 1. The highest BCUT2D eigenvalue weighted by atomic mass is 16.5. The Morgan fingerprint density at radius 1 is 1.17 bits per heavy atom. The van der Waals surface area contributed by atoms with Crippen LogP contribution >= 0.6 is 0 Å². The van der Waals surface area contributed by atoms with Gasteiger partial charge in [-0.05, 0) is 25.0 Å². The highest BCUT2D eigenvalue weighted by Gasteiger charge is 2.17. The summed E-state index contributed by atoms with van der Waals surface area (Å²) in [5.74, 6) is 2.60. The second-order valence-corrected chi connectivity index (χ2v) is 5.44. The van der Waals surface area contributed by atoms with E-state index in [2.05, 4.69) is 15.6 Å². The van der Waals surface area contributed by atoms with Gasteiger partial charge in [-0.15, -0.1) is 0 Å². The van der Waals surface area contributed by atoms with Crippen molar-refractivity contribution in [3.05, 3.63) is 17.7 Å². The topological polar surface area (TPSA) is 73.3 Å². The minimum absolute atomic E-state index is 0.263. The van der Waals surface area contributed by atoms with Crippen LogP contribution in [0, 0.1) is 0 Å². The van der Waals surface area contributed by atoms with Crippen molar-refractivity contribution in [3.8, 4) is 17.2 Å². The van der Waals surface area contributed by atoms with E-state index < -0.39 is 0 Å². The Kier molecular flexibility index (Phi) is 6.99. The maximum absolute atomic E-state index is 5.61. The zero-order valence-electron chi connectivity index (χ0n) is 14.8. The number of benzene rings is 1. The van der Waals surface area contributed by atoms with Crippen LogP contribution in [0.2, 0.25) is 0 Å². The van der Waals surface area contributed by atoms with Gasteiger partial charge in [0.15, 0.2) is 17.5 Å². The molecule has 2 N–H and O–H groups in total. The summed E-state index contributed by atoms with van der Waals surface area (Å²) in [5, 5.41) is 6.57. The van der Waals surface area contributed by atoms with E-state index in [0.717, 1.165) is 37.5 Å². The number of rotatable bonds is 7. The Morgan fingerprint density at radius 2 is 1.96 bits per heavy atom. The normalized spacial score (nSPS) is 17.5. The third-order valence-corrected chi connectivity index (χ3v) is 3.98. The molecule has 1 aromatic rings. The molecular weight excluding hydrogens is 310 g/mol. The molecule has 1 aliphatic rings. The lowest BCUT2D eigenvalue weighted by molar-refractivity contribution is 0.114. The molecule has 0 spiro atoms. The van der Waals surface area contributed by atoms with Crippen molar-refractivity contribution >= 4 is 5.96 Å². The standard InChI is InChI=1S/C17H27N3O4/c1-18-17(20-11-13-6-5-9-24-13)19-10-12-7-8-14(21-2)16(23-4)15(12)22-3/h7-8,13H,5-6,9-11H2,1-4H3,(H2,18,19,20). The lowest BCUT2D eigenvalue weighted by Crippen LogP contribution is -2.40. The summed E-state index contributed by atoms with van der Waals surface area (Å²) in [4.78, 5) is 4.24. The van der Waals surface area contributed by atoms with E-state index in [1.165, 1.54) is 0 Å². The third kappa shape index (κ3) is 4.44. The maximum atomic E-state index is 5.61. The number of guanidine groups is 1. The Bertz CT molecular complexity index is 557. The van der Waals surface area contributed by atoms with Crippen LogP contribution < -0.4 is 24.8 Å². The molecule has 1 atom stereocenters. The molecule has 2 rings (SSSR count). The van der Waals surface area contributed by atoms with Crippen LogP contribution in [0.15, 0.2) is 17.1 Å². The molecule has 1 fully saturated rings. The zero-order chi connectivity index (χ0) is 17.4. The SMILES string of the molecule is CN=C(NCc1ccc(OC)c(OC)c1OC)NCC1CCCO1. The first kappa shape index (κ1) is 18.2. The molecule has 1 unspecified atom stereocenters. The van der Waals surface area contributed by atoms with Gasteiger partial charge in [-0.3, -0.25) is 4.99 Å².